The predicted molar refractivity (Wildman–Crippen MR) is 83.0 cm³/mol. The number of halogens is 2. The van der Waals surface area contributed by atoms with E-state index in [4.69, 9.17) is 11.6 Å². The summed E-state index contributed by atoms with van der Waals surface area (Å²) in [6, 6.07) is 12.9. The van der Waals surface area contributed by atoms with Gasteiger partial charge in [0.05, 0.1) is 4.34 Å². The van der Waals surface area contributed by atoms with Gasteiger partial charge in [-0.2, -0.15) is 0 Å². The van der Waals surface area contributed by atoms with Gasteiger partial charge in [0.15, 0.2) is 0 Å². The van der Waals surface area contributed by atoms with Gasteiger partial charge in [0, 0.05) is 9.70 Å². The second-order valence-electron chi connectivity index (χ2n) is 4.81. The molecule has 1 aliphatic rings. The zero-order chi connectivity index (χ0) is 12.5. The Hall–Kier alpha value is -0.310. The monoisotopic (exact) mass is 340 g/mol. The smallest absolute Gasteiger partial charge is 0.0931 e. The molecule has 1 heterocycles. The van der Waals surface area contributed by atoms with E-state index in [0.29, 0.717) is 10.7 Å². The summed E-state index contributed by atoms with van der Waals surface area (Å²) >= 11 is 11.6. The van der Waals surface area contributed by atoms with Gasteiger partial charge >= 0.3 is 0 Å². The molecule has 0 amide bonds. The molecule has 0 N–H and O–H groups in total. The number of benzene rings is 1. The maximum Gasteiger partial charge on any atom is 0.0931 e. The molecule has 0 bridgehead atoms. The highest BCUT2D eigenvalue weighted by molar-refractivity contribution is 9.09. The molecule has 0 spiro atoms. The van der Waals surface area contributed by atoms with Crippen molar-refractivity contribution in [3.05, 3.63) is 56.7 Å². The molecule has 94 valence electrons. The molecule has 2 aromatic rings. The van der Waals surface area contributed by atoms with Crippen molar-refractivity contribution in [1.29, 1.82) is 0 Å². The molecular weight excluding hydrogens is 328 g/mol. The van der Waals surface area contributed by atoms with Crippen LogP contribution < -0.4 is 0 Å². The maximum atomic E-state index is 6.00. The summed E-state index contributed by atoms with van der Waals surface area (Å²) in [5.41, 5.74) is 2.97. The van der Waals surface area contributed by atoms with Crippen LogP contribution >= 0.6 is 38.9 Å². The standard InChI is InChI=1S/C15H14BrClS/c16-15-11(9-12-7-8-14(17)18-12)6-5-10-3-1-2-4-13(10)15/h1-4,7-8,11,15H,5-6,9H2. The average molecular weight is 342 g/mol. The van der Waals surface area contributed by atoms with Crippen LogP contribution in [0.15, 0.2) is 36.4 Å². The molecule has 0 saturated heterocycles. The van der Waals surface area contributed by atoms with Gasteiger partial charge in [0.1, 0.15) is 0 Å². The first kappa shape index (κ1) is 12.7. The minimum atomic E-state index is 0.475. The van der Waals surface area contributed by atoms with Crippen molar-refractivity contribution < 1.29 is 0 Å². The molecule has 1 aromatic carbocycles. The van der Waals surface area contributed by atoms with Crippen LogP contribution in [0, 0.1) is 5.92 Å². The lowest BCUT2D eigenvalue weighted by Gasteiger charge is -2.29. The van der Waals surface area contributed by atoms with E-state index in [1.54, 1.807) is 11.3 Å². The van der Waals surface area contributed by atoms with Gasteiger partial charge in [-0.3, -0.25) is 0 Å². The number of hydrogen-bond donors (Lipinski definition) is 0. The lowest BCUT2D eigenvalue weighted by atomic mass is 9.82. The zero-order valence-corrected chi connectivity index (χ0v) is 13.1. The minimum Gasteiger partial charge on any atom is -0.128 e. The largest absolute Gasteiger partial charge is 0.128 e. The van der Waals surface area contributed by atoms with E-state index in [-0.39, 0.29) is 0 Å². The molecule has 3 rings (SSSR count). The number of alkyl halides is 1. The Kier molecular flexibility index (Phi) is 3.78. The third kappa shape index (κ3) is 2.52. The lowest BCUT2D eigenvalue weighted by Crippen LogP contribution is -2.18. The Labute approximate surface area is 125 Å². The molecule has 0 radical (unpaired) electrons. The third-order valence-electron chi connectivity index (χ3n) is 3.64. The first-order chi connectivity index (χ1) is 8.74. The summed E-state index contributed by atoms with van der Waals surface area (Å²) in [6.45, 7) is 0. The van der Waals surface area contributed by atoms with Crippen molar-refractivity contribution in [3.8, 4) is 0 Å². The summed E-state index contributed by atoms with van der Waals surface area (Å²) in [6.07, 6.45) is 3.58. The van der Waals surface area contributed by atoms with Gasteiger partial charge in [-0.05, 0) is 48.4 Å². The van der Waals surface area contributed by atoms with Gasteiger partial charge in [-0.1, -0.05) is 51.8 Å². The molecule has 2 unspecified atom stereocenters. The van der Waals surface area contributed by atoms with Crippen LogP contribution in [0.2, 0.25) is 4.34 Å². The molecule has 0 fully saturated rings. The molecule has 3 heteroatoms. The van der Waals surface area contributed by atoms with Gasteiger partial charge in [0.2, 0.25) is 0 Å². The van der Waals surface area contributed by atoms with Gasteiger partial charge in [0.25, 0.3) is 0 Å². The van der Waals surface area contributed by atoms with Gasteiger partial charge in [-0.25, -0.2) is 0 Å². The summed E-state index contributed by atoms with van der Waals surface area (Å²) < 4.78 is 0.896. The highest BCUT2D eigenvalue weighted by Crippen LogP contribution is 2.42. The van der Waals surface area contributed by atoms with Gasteiger partial charge < -0.3 is 0 Å². The molecule has 1 aliphatic carbocycles. The highest BCUT2D eigenvalue weighted by atomic mass is 79.9. The molecule has 0 saturated carbocycles. The minimum absolute atomic E-state index is 0.475. The highest BCUT2D eigenvalue weighted by Gasteiger charge is 2.27. The predicted octanol–water partition coefficient (Wildman–Crippen LogP) is 5.64. The lowest BCUT2D eigenvalue weighted by molar-refractivity contribution is 0.455. The van der Waals surface area contributed by atoms with Crippen LogP contribution in [0.1, 0.15) is 27.3 Å². The van der Waals surface area contributed by atoms with E-state index < -0.39 is 0 Å². The van der Waals surface area contributed by atoms with Crippen LogP contribution in [-0.2, 0) is 12.8 Å². The Morgan fingerprint density at radius 2 is 2.06 bits per heavy atom. The number of hydrogen-bond acceptors (Lipinski definition) is 1. The number of rotatable bonds is 2. The topological polar surface area (TPSA) is 0 Å². The van der Waals surface area contributed by atoms with E-state index in [1.807, 2.05) is 6.07 Å². The summed E-state index contributed by atoms with van der Waals surface area (Å²) in [4.78, 5) is 1.87. The fourth-order valence-corrected chi connectivity index (χ4v) is 4.78. The fraction of sp³-hybridized carbons (Fsp3) is 0.333. The second-order valence-corrected chi connectivity index (χ2v) is 7.60. The van der Waals surface area contributed by atoms with Crippen molar-refractivity contribution in [2.75, 3.05) is 0 Å². The first-order valence-corrected chi connectivity index (χ1v) is 8.31. The normalized spacial score (nSPS) is 22.8. The molecule has 18 heavy (non-hydrogen) atoms. The van der Waals surface area contributed by atoms with Crippen LogP contribution in [0.3, 0.4) is 0 Å². The van der Waals surface area contributed by atoms with Gasteiger partial charge in [-0.15, -0.1) is 11.3 Å². The van der Waals surface area contributed by atoms with E-state index in [0.717, 1.165) is 10.8 Å². The van der Waals surface area contributed by atoms with Crippen LogP contribution in [-0.4, -0.2) is 0 Å². The molecule has 0 aliphatic heterocycles. The number of aryl methyl sites for hydroxylation is 1. The van der Waals surface area contributed by atoms with E-state index in [1.165, 1.54) is 28.8 Å². The Morgan fingerprint density at radius 3 is 2.83 bits per heavy atom. The quantitative estimate of drug-likeness (QED) is 0.620. The summed E-state index contributed by atoms with van der Waals surface area (Å²) in [5, 5.41) is 0. The zero-order valence-electron chi connectivity index (χ0n) is 9.90. The van der Waals surface area contributed by atoms with Crippen LogP contribution in [0.4, 0.5) is 0 Å². The van der Waals surface area contributed by atoms with Crippen molar-refractivity contribution in [2.24, 2.45) is 5.92 Å². The third-order valence-corrected chi connectivity index (χ3v) is 6.14. The Morgan fingerprint density at radius 1 is 1.22 bits per heavy atom. The van der Waals surface area contributed by atoms with E-state index >= 15 is 0 Å². The number of fused-ring (bicyclic) bond motifs is 1. The van der Waals surface area contributed by atoms with E-state index in [9.17, 15) is 0 Å². The van der Waals surface area contributed by atoms with Crippen LogP contribution in [0.25, 0.3) is 0 Å². The van der Waals surface area contributed by atoms with Crippen molar-refractivity contribution in [1.82, 2.24) is 0 Å². The number of thiophene rings is 1. The Balaban J connectivity index is 1.80. The average Bonchev–Trinajstić information content (AvgIpc) is 2.79. The summed E-state index contributed by atoms with van der Waals surface area (Å²) in [7, 11) is 0. The van der Waals surface area contributed by atoms with Crippen molar-refractivity contribution in [2.45, 2.75) is 24.1 Å². The molecule has 2 atom stereocenters. The van der Waals surface area contributed by atoms with Crippen LogP contribution in [0.5, 0.6) is 0 Å². The van der Waals surface area contributed by atoms with Crippen molar-refractivity contribution in [3.63, 3.8) is 0 Å². The summed E-state index contributed by atoms with van der Waals surface area (Å²) in [5.74, 6) is 0.676. The molecule has 0 nitrogen and oxygen atoms in total. The SMILES string of the molecule is Clc1ccc(CC2CCc3ccccc3C2Br)s1. The fourth-order valence-electron chi connectivity index (χ4n) is 2.70. The first-order valence-electron chi connectivity index (χ1n) is 6.20. The second kappa shape index (κ2) is 5.36. The van der Waals surface area contributed by atoms with E-state index in [2.05, 4.69) is 46.3 Å². The maximum absolute atomic E-state index is 6.00. The molecular formula is C15H14BrClS. The molecule has 1 aromatic heterocycles. The Bertz CT molecular complexity index is 549. The van der Waals surface area contributed by atoms with Crippen molar-refractivity contribution >= 4 is 38.9 Å².